The van der Waals surface area contributed by atoms with Crippen molar-refractivity contribution in [3.63, 3.8) is 0 Å². The summed E-state index contributed by atoms with van der Waals surface area (Å²) in [4.78, 5) is 0. The average Bonchev–Trinajstić information content (AvgIpc) is 2.27. The topological polar surface area (TPSA) is 19.7 Å². The van der Waals surface area contributed by atoms with Gasteiger partial charge in [-0.1, -0.05) is 6.92 Å². The van der Waals surface area contributed by atoms with Gasteiger partial charge in [0.15, 0.2) is 0 Å². The maximum absolute atomic E-state index is 12.0. The molecule has 0 bridgehead atoms. The van der Waals surface area contributed by atoms with Crippen LogP contribution in [-0.4, -0.2) is 11.3 Å². The summed E-state index contributed by atoms with van der Waals surface area (Å²) >= 11 is 0. The molecule has 1 aromatic heterocycles. The molecule has 0 aromatic carbocycles. The molecule has 0 spiro atoms. The molecule has 0 aliphatic carbocycles. The fraction of sp³-hybridized carbons (Fsp3) is 0.625. The number of nitrogens with zero attached hydrogens (tertiary/aromatic N) is 1. The van der Waals surface area contributed by atoms with E-state index in [4.69, 9.17) is 0 Å². The third kappa shape index (κ3) is 2.75. The van der Waals surface area contributed by atoms with Crippen LogP contribution in [0.1, 0.15) is 18.3 Å². The lowest BCUT2D eigenvalue weighted by molar-refractivity contribution is -0.774. The molecular weight excluding hydrogens is 181 g/mol. The second-order valence-corrected chi connectivity index (χ2v) is 2.99. The molecule has 2 nitrogen and oxygen atoms in total. The molecule has 1 N–H and O–H groups in total. The molecule has 0 amide bonds. The van der Waals surface area contributed by atoms with E-state index >= 15 is 0 Å². The summed E-state index contributed by atoms with van der Waals surface area (Å²) in [5.41, 5.74) is 1.43. The minimum atomic E-state index is -4.16. The molecule has 0 saturated heterocycles. The molecule has 74 valence electrons. The Balaban J connectivity index is 2.87. The molecule has 13 heavy (non-hydrogen) atoms. The molecule has 0 aliphatic rings. The highest BCUT2D eigenvalue weighted by Gasteiger charge is 2.35. The van der Waals surface area contributed by atoms with Crippen molar-refractivity contribution < 1.29 is 17.9 Å². The normalized spacial score (nSPS) is 12.1. The minimum absolute atomic E-state index is 0.598. The van der Waals surface area contributed by atoms with Crippen LogP contribution in [0.3, 0.4) is 0 Å². The molecule has 0 aliphatic heterocycles. The van der Waals surface area contributed by atoms with Crippen molar-refractivity contribution in [3.8, 4) is 0 Å². The molecule has 0 atom stereocenters. The predicted octanol–water partition coefficient (Wildman–Crippen LogP) is 1.74. The molecule has 1 heterocycles. The Kier molecular flexibility index (Phi) is 2.63. The zero-order valence-corrected chi connectivity index (χ0v) is 7.57. The van der Waals surface area contributed by atoms with Gasteiger partial charge in [0.05, 0.1) is 5.69 Å². The lowest BCUT2D eigenvalue weighted by Crippen LogP contribution is -2.45. The van der Waals surface area contributed by atoms with Crippen molar-refractivity contribution in [3.05, 3.63) is 17.5 Å². The van der Waals surface area contributed by atoms with Crippen LogP contribution in [0.15, 0.2) is 6.07 Å². The SMILES string of the molecule is CCc1cc(C)[nH][n+]1CC(F)(F)F. The summed E-state index contributed by atoms with van der Waals surface area (Å²) in [6.07, 6.45) is -3.56. The average molecular weight is 193 g/mol. The van der Waals surface area contributed by atoms with Crippen molar-refractivity contribution in [1.82, 2.24) is 5.10 Å². The third-order valence-electron chi connectivity index (χ3n) is 1.74. The molecule has 0 fully saturated rings. The zero-order valence-electron chi connectivity index (χ0n) is 7.57. The number of halogens is 3. The van der Waals surface area contributed by atoms with E-state index in [0.29, 0.717) is 12.1 Å². The largest absolute Gasteiger partial charge is 0.451 e. The van der Waals surface area contributed by atoms with E-state index in [0.717, 1.165) is 10.4 Å². The van der Waals surface area contributed by atoms with Gasteiger partial charge in [0, 0.05) is 12.5 Å². The molecule has 5 heteroatoms. The maximum atomic E-state index is 12.0. The first kappa shape index (κ1) is 10.1. The monoisotopic (exact) mass is 193 g/mol. The first-order valence-electron chi connectivity index (χ1n) is 4.07. The highest BCUT2D eigenvalue weighted by Crippen LogP contribution is 2.14. The summed E-state index contributed by atoms with van der Waals surface area (Å²) in [6, 6.07) is 1.73. The summed E-state index contributed by atoms with van der Waals surface area (Å²) in [5, 5.41) is 2.65. The molecule has 1 rings (SSSR count). The fourth-order valence-corrected chi connectivity index (χ4v) is 1.26. The Hall–Kier alpha value is -1.00. The number of H-pyrrole nitrogens is 1. The second kappa shape index (κ2) is 3.40. The van der Waals surface area contributed by atoms with Crippen LogP contribution in [0, 0.1) is 6.92 Å². The van der Waals surface area contributed by atoms with Crippen molar-refractivity contribution in [2.45, 2.75) is 33.0 Å². The van der Waals surface area contributed by atoms with Crippen molar-refractivity contribution in [2.75, 3.05) is 0 Å². The van der Waals surface area contributed by atoms with E-state index in [1.54, 1.807) is 13.0 Å². The zero-order chi connectivity index (χ0) is 10.1. The second-order valence-electron chi connectivity index (χ2n) is 2.99. The van der Waals surface area contributed by atoms with Crippen molar-refractivity contribution in [1.29, 1.82) is 0 Å². The molecule has 1 aromatic rings. The molecule has 0 saturated carbocycles. The van der Waals surface area contributed by atoms with E-state index in [1.807, 2.05) is 6.92 Å². The van der Waals surface area contributed by atoms with Gasteiger partial charge in [-0.15, -0.1) is 4.68 Å². The Morgan fingerprint density at radius 2 is 2.08 bits per heavy atom. The Labute approximate surface area is 74.4 Å². The predicted molar refractivity (Wildman–Crippen MR) is 41.2 cm³/mol. The molecular formula is C8H12F3N2+. The smallest absolute Gasteiger partial charge is 0.170 e. The van der Waals surface area contributed by atoms with E-state index in [9.17, 15) is 13.2 Å². The maximum Gasteiger partial charge on any atom is 0.451 e. The number of hydrogen-bond acceptors (Lipinski definition) is 0. The molecule has 0 unspecified atom stereocenters. The van der Waals surface area contributed by atoms with Crippen LogP contribution >= 0.6 is 0 Å². The Bertz CT molecular complexity index is 288. The number of rotatable bonds is 2. The number of nitrogens with one attached hydrogen (secondary N) is 1. The van der Waals surface area contributed by atoms with Crippen molar-refractivity contribution >= 4 is 0 Å². The van der Waals surface area contributed by atoms with Crippen LogP contribution in [0.4, 0.5) is 13.2 Å². The van der Waals surface area contributed by atoms with Gasteiger partial charge < -0.3 is 0 Å². The number of hydrogen-bond donors (Lipinski definition) is 1. The van der Waals surface area contributed by atoms with Gasteiger partial charge in [-0.25, -0.2) is 0 Å². The van der Waals surface area contributed by atoms with Crippen LogP contribution in [0.5, 0.6) is 0 Å². The van der Waals surface area contributed by atoms with E-state index in [1.165, 1.54) is 0 Å². The number of alkyl halides is 3. The number of aromatic amines is 1. The van der Waals surface area contributed by atoms with Gasteiger partial charge >= 0.3 is 6.18 Å². The van der Waals surface area contributed by atoms with Gasteiger partial charge in [-0.3, -0.25) is 0 Å². The highest BCUT2D eigenvalue weighted by molar-refractivity contribution is 5.00. The first-order chi connectivity index (χ1) is 5.92. The van der Waals surface area contributed by atoms with E-state index in [-0.39, 0.29) is 0 Å². The van der Waals surface area contributed by atoms with Crippen LogP contribution in [0.25, 0.3) is 0 Å². The first-order valence-corrected chi connectivity index (χ1v) is 4.07. The van der Waals surface area contributed by atoms with Gasteiger partial charge in [-0.05, 0) is 6.92 Å². The quantitative estimate of drug-likeness (QED) is 0.690. The fourth-order valence-electron chi connectivity index (χ4n) is 1.26. The summed E-state index contributed by atoms with van der Waals surface area (Å²) in [5.74, 6) is 0. The summed E-state index contributed by atoms with van der Waals surface area (Å²) in [6.45, 7) is 2.63. The standard InChI is InChI=1S/C8H11F3N2/c1-3-7-4-6(2)12-13(7)5-8(9,10)11/h4H,3,5H2,1-2H3/p+1. The third-order valence-corrected chi connectivity index (χ3v) is 1.74. The van der Waals surface area contributed by atoms with Crippen LogP contribution in [-0.2, 0) is 13.0 Å². The van der Waals surface area contributed by atoms with Crippen LogP contribution < -0.4 is 4.68 Å². The summed E-state index contributed by atoms with van der Waals surface area (Å²) in [7, 11) is 0. The lowest BCUT2D eigenvalue weighted by Gasteiger charge is -2.00. The number of aromatic nitrogens is 2. The Morgan fingerprint density at radius 1 is 1.46 bits per heavy atom. The summed E-state index contributed by atoms with van der Waals surface area (Å²) < 4.78 is 37.2. The minimum Gasteiger partial charge on any atom is -0.170 e. The van der Waals surface area contributed by atoms with Gasteiger partial charge in [-0.2, -0.15) is 18.3 Å². The van der Waals surface area contributed by atoms with Crippen LogP contribution in [0.2, 0.25) is 0 Å². The van der Waals surface area contributed by atoms with Gasteiger partial charge in [0.1, 0.15) is 0 Å². The van der Waals surface area contributed by atoms with Crippen molar-refractivity contribution in [2.24, 2.45) is 0 Å². The van der Waals surface area contributed by atoms with E-state index < -0.39 is 12.7 Å². The molecule has 0 radical (unpaired) electrons. The Morgan fingerprint density at radius 3 is 2.54 bits per heavy atom. The van der Waals surface area contributed by atoms with E-state index in [2.05, 4.69) is 5.10 Å². The van der Waals surface area contributed by atoms with Gasteiger partial charge in [0.25, 0.3) is 6.54 Å². The van der Waals surface area contributed by atoms with Gasteiger partial charge in [0.2, 0.25) is 5.69 Å². The lowest BCUT2D eigenvalue weighted by atomic mass is 10.3. The highest BCUT2D eigenvalue weighted by atomic mass is 19.4. The number of aryl methyl sites for hydroxylation is 2.